The first-order valence-corrected chi connectivity index (χ1v) is 10.2. The third kappa shape index (κ3) is 4.23. The smallest absolute Gasteiger partial charge is 0.335 e. The molecule has 8 heteroatoms. The minimum atomic E-state index is -0.783. The van der Waals surface area contributed by atoms with Crippen LogP contribution in [0.2, 0.25) is 0 Å². The van der Waals surface area contributed by atoms with Crippen LogP contribution in [0, 0.1) is 6.92 Å². The standard InChI is InChI=1S/C22H21BrN2O5/c1-4-29-18-12-19(30-5-2)16(23)11-14(18)10-15-20(26)24-22(28)25(21(15)27)17-9-7-6-8-13(17)3/h6-12H,4-5H2,1-3H3,(H,24,26,28)/b15-10+. The summed E-state index contributed by atoms with van der Waals surface area (Å²) in [5.74, 6) is -0.427. The lowest BCUT2D eigenvalue weighted by molar-refractivity contribution is -0.122. The molecule has 0 aromatic heterocycles. The Bertz CT molecular complexity index is 1050. The molecule has 1 aliphatic heterocycles. The van der Waals surface area contributed by atoms with Crippen LogP contribution >= 0.6 is 15.9 Å². The fourth-order valence-electron chi connectivity index (χ4n) is 3.06. The lowest BCUT2D eigenvalue weighted by Crippen LogP contribution is -2.54. The van der Waals surface area contributed by atoms with Gasteiger partial charge in [-0.2, -0.15) is 0 Å². The average molecular weight is 473 g/mol. The molecule has 0 unspecified atom stereocenters. The topological polar surface area (TPSA) is 84.9 Å². The molecule has 1 heterocycles. The van der Waals surface area contributed by atoms with E-state index in [-0.39, 0.29) is 5.57 Å². The lowest BCUT2D eigenvalue weighted by atomic mass is 10.0. The maximum Gasteiger partial charge on any atom is 0.335 e. The number of hydrogen-bond donors (Lipinski definition) is 1. The van der Waals surface area contributed by atoms with E-state index in [0.29, 0.717) is 40.4 Å². The summed E-state index contributed by atoms with van der Waals surface area (Å²) in [5, 5.41) is 2.24. The van der Waals surface area contributed by atoms with Crippen molar-refractivity contribution in [1.82, 2.24) is 5.32 Å². The number of nitrogens with zero attached hydrogens (tertiary/aromatic N) is 1. The molecule has 0 saturated carbocycles. The molecule has 0 spiro atoms. The quantitative estimate of drug-likeness (QED) is 0.502. The van der Waals surface area contributed by atoms with E-state index in [9.17, 15) is 14.4 Å². The fourth-order valence-corrected chi connectivity index (χ4v) is 3.53. The predicted octanol–water partition coefficient (Wildman–Crippen LogP) is 4.22. The number of imide groups is 2. The highest BCUT2D eigenvalue weighted by Crippen LogP contribution is 2.35. The van der Waals surface area contributed by atoms with E-state index in [1.165, 1.54) is 6.08 Å². The SMILES string of the molecule is CCOc1cc(OCC)c(/C=C2\C(=O)NC(=O)N(c3ccccc3C)C2=O)cc1Br. The van der Waals surface area contributed by atoms with Gasteiger partial charge in [-0.15, -0.1) is 0 Å². The molecule has 0 bridgehead atoms. The number of para-hydroxylation sites is 1. The number of anilines is 1. The Labute approximate surface area is 182 Å². The zero-order valence-corrected chi connectivity index (χ0v) is 18.4. The van der Waals surface area contributed by atoms with Crippen LogP contribution in [0.4, 0.5) is 10.5 Å². The number of urea groups is 1. The second-order valence-electron chi connectivity index (χ2n) is 6.43. The van der Waals surface area contributed by atoms with E-state index < -0.39 is 17.8 Å². The van der Waals surface area contributed by atoms with Gasteiger partial charge in [0.25, 0.3) is 11.8 Å². The Morgan fingerprint density at radius 2 is 1.70 bits per heavy atom. The number of hydrogen-bond acceptors (Lipinski definition) is 5. The highest BCUT2D eigenvalue weighted by Gasteiger charge is 2.37. The molecule has 0 aliphatic carbocycles. The van der Waals surface area contributed by atoms with Crippen molar-refractivity contribution in [1.29, 1.82) is 0 Å². The molecule has 1 N–H and O–H groups in total. The molecule has 1 fully saturated rings. The van der Waals surface area contributed by atoms with Gasteiger partial charge in [-0.25, -0.2) is 9.69 Å². The van der Waals surface area contributed by atoms with Gasteiger partial charge in [-0.05, 0) is 60.5 Å². The van der Waals surface area contributed by atoms with Crippen molar-refractivity contribution in [3.8, 4) is 11.5 Å². The average Bonchev–Trinajstić information content (AvgIpc) is 2.70. The highest BCUT2D eigenvalue weighted by atomic mass is 79.9. The summed E-state index contributed by atoms with van der Waals surface area (Å²) in [6.07, 6.45) is 1.42. The number of ether oxygens (including phenoxy) is 2. The predicted molar refractivity (Wildman–Crippen MR) is 117 cm³/mol. The number of rotatable bonds is 6. The van der Waals surface area contributed by atoms with Gasteiger partial charge in [-0.1, -0.05) is 18.2 Å². The summed E-state index contributed by atoms with van der Waals surface area (Å²) < 4.78 is 11.9. The fraction of sp³-hybridized carbons (Fsp3) is 0.227. The molecule has 7 nitrogen and oxygen atoms in total. The second-order valence-corrected chi connectivity index (χ2v) is 7.29. The van der Waals surface area contributed by atoms with Crippen LogP contribution in [0.3, 0.4) is 0 Å². The maximum absolute atomic E-state index is 13.1. The number of barbiturate groups is 1. The normalized spacial score (nSPS) is 15.4. The van der Waals surface area contributed by atoms with Crippen molar-refractivity contribution in [3.05, 3.63) is 57.6 Å². The lowest BCUT2D eigenvalue weighted by Gasteiger charge is -2.27. The van der Waals surface area contributed by atoms with Gasteiger partial charge in [-0.3, -0.25) is 14.9 Å². The van der Waals surface area contributed by atoms with Gasteiger partial charge < -0.3 is 9.47 Å². The molecule has 2 aromatic carbocycles. The van der Waals surface area contributed by atoms with Crippen LogP contribution < -0.4 is 19.7 Å². The summed E-state index contributed by atoms with van der Waals surface area (Å²) in [4.78, 5) is 39.0. The van der Waals surface area contributed by atoms with E-state index >= 15 is 0 Å². The summed E-state index contributed by atoms with van der Waals surface area (Å²) in [5.41, 5.74) is 1.48. The summed E-state index contributed by atoms with van der Waals surface area (Å²) in [6.45, 7) is 6.34. The van der Waals surface area contributed by atoms with Crippen molar-refractivity contribution in [2.75, 3.05) is 18.1 Å². The molecule has 0 radical (unpaired) electrons. The summed E-state index contributed by atoms with van der Waals surface area (Å²) in [7, 11) is 0. The van der Waals surface area contributed by atoms with Crippen LogP contribution in [0.1, 0.15) is 25.0 Å². The number of benzene rings is 2. The van der Waals surface area contributed by atoms with Crippen molar-refractivity contribution in [3.63, 3.8) is 0 Å². The molecule has 2 aromatic rings. The molecule has 0 atom stereocenters. The second kappa shape index (κ2) is 9.13. The van der Waals surface area contributed by atoms with E-state index in [2.05, 4.69) is 21.2 Å². The van der Waals surface area contributed by atoms with Crippen molar-refractivity contribution in [2.24, 2.45) is 0 Å². The first-order valence-electron chi connectivity index (χ1n) is 9.43. The third-order valence-corrected chi connectivity index (χ3v) is 5.04. The molecule has 156 valence electrons. The number of nitrogens with one attached hydrogen (secondary N) is 1. The van der Waals surface area contributed by atoms with Crippen molar-refractivity contribution >= 4 is 45.5 Å². The third-order valence-electron chi connectivity index (χ3n) is 4.42. The molecular weight excluding hydrogens is 452 g/mol. The Balaban J connectivity index is 2.08. The summed E-state index contributed by atoms with van der Waals surface area (Å²) >= 11 is 3.44. The zero-order chi connectivity index (χ0) is 21.8. The molecule has 3 rings (SSSR count). The molecule has 1 saturated heterocycles. The number of halogens is 1. The monoisotopic (exact) mass is 472 g/mol. The molecule has 4 amide bonds. The Kier molecular flexibility index (Phi) is 6.56. The first-order chi connectivity index (χ1) is 14.4. The number of amides is 4. The number of carbonyl (C=O) groups is 3. The van der Waals surface area contributed by atoms with Gasteiger partial charge in [0, 0.05) is 11.6 Å². The van der Waals surface area contributed by atoms with Gasteiger partial charge >= 0.3 is 6.03 Å². The van der Waals surface area contributed by atoms with Gasteiger partial charge in [0.05, 0.1) is 23.4 Å². The number of carbonyl (C=O) groups excluding carboxylic acids is 3. The van der Waals surface area contributed by atoms with Gasteiger partial charge in [0.15, 0.2) is 0 Å². The van der Waals surface area contributed by atoms with Crippen molar-refractivity contribution < 1.29 is 23.9 Å². The van der Waals surface area contributed by atoms with Gasteiger partial charge in [0.1, 0.15) is 17.1 Å². The molecule has 1 aliphatic rings. The van der Waals surface area contributed by atoms with E-state index in [4.69, 9.17) is 9.47 Å². The van der Waals surface area contributed by atoms with E-state index in [1.807, 2.05) is 13.8 Å². The highest BCUT2D eigenvalue weighted by molar-refractivity contribution is 9.10. The number of aryl methyl sites for hydroxylation is 1. The van der Waals surface area contributed by atoms with Crippen LogP contribution in [-0.2, 0) is 9.59 Å². The van der Waals surface area contributed by atoms with Crippen molar-refractivity contribution in [2.45, 2.75) is 20.8 Å². The molecular formula is C22H21BrN2O5. The van der Waals surface area contributed by atoms with E-state index in [1.54, 1.807) is 43.3 Å². The Hall–Kier alpha value is -3.13. The van der Waals surface area contributed by atoms with Crippen LogP contribution in [0.15, 0.2) is 46.4 Å². The minimum Gasteiger partial charge on any atom is -0.493 e. The van der Waals surface area contributed by atoms with Crippen LogP contribution in [0.25, 0.3) is 6.08 Å². The Morgan fingerprint density at radius 3 is 2.37 bits per heavy atom. The van der Waals surface area contributed by atoms with Crippen LogP contribution in [0.5, 0.6) is 11.5 Å². The minimum absolute atomic E-state index is 0.171. The largest absolute Gasteiger partial charge is 0.493 e. The zero-order valence-electron chi connectivity index (χ0n) is 16.8. The molecule has 30 heavy (non-hydrogen) atoms. The Morgan fingerprint density at radius 1 is 1.03 bits per heavy atom. The van der Waals surface area contributed by atoms with Gasteiger partial charge in [0.2, 0.25) is 0 Å². The summed E-state index contributed by atoms with van der Waals surface area (Å²) in [6, 6.07) is 9.58. The van der Waals surface area contributed by atoms with Crippen LogP contribution in [-0.4, -0.2) is 31.1 Å². The van der Waals surface area contributed by atoms with E-state index in [0.717, 1.165) is 10.5 Å². The first kappa shape index (κ1) is 21.6. The maximum atomic E-state index is 13.1.